The molecule has 4 fully saturated rings. The first-order chi connectivity index (χ1) is 14.3. The quantitative estimate of drug-likeness (QED) is 0.760. The van der Waals surface area contributed by atoms with Crippen molar-refractivity contribution in [3.05, 3.63) is 30.3 Å². The summed E-state index contributed by atoms with van der Waals surface area (Å²) >= 11 is 0. The highest BCUT2D eigenvalue weighted by Crippen LogP contribution is 2.57. The van der Waals surface area contributed by atoms with E-state index in [9.17, 15) is 5.11 Å². The lowest BCUT2D eigenvalue weighted by atomic mass is 9.53. The van der Waals surface area contributed by atoms with Crippen molar-refractivity contribution in [3.8, 4) is 5.75 Å². The maximum absolute atomic E-state index is 10.4. The summed E-state index contributed by atoms with van der Waals surface area (Å²) in [4.78, 5) is 0. The van der Waals surface area contributed by atoms with Crippen molar-refractivity contribution in [2.45, 2.75) is 76.4 Å². The van der Waals surface area contributed by atoms with Gasteiger partial charge in [0.25, 0.3) is 0 Å². The number of para-hydroxylation sites is 1. The fraction of sp³-hybridized carbons (Fsp3) is 0.769. The van der Waals surface area contributed by atoms with Crippen LogP contribution in [0.25, 0.3) is 0 Å². The highest BCUT2D eigenvalue weighted by Gasteiger charge is 2.52. The van der Waals surface area contributed by atoms with Crippen LogP contribution in [-0.2, 0) is 0 Å². The molecule has 0 aromatic heterocycles. The van der Waals surface area contributed by atoms with Crippen molar-refractivity contribution >= 4 is 0 Å². The summed E-state index contributed by atoms with van der Waals surface area (Å²) in [5.41, 5.74) is 0. The second-order valence-corrected chi connectivity index (χ2v) is 10.5. The van der Waals surface area contributed by atoms with Crippen LogP contribution < -0.4 is 10.1 Å². The van der Waals surface area contributed by atoms with Gasteiger partial charge < -0.3 is 15.2 Å². The predicted molar refractivity (Wildman–Crippen MR) is 116 cm³/mol. The van der Waals surface area contributed by atoms with Crippen molar-refractivity contribution in [2.75, 3.05) is 13.2 Å². The van der Waals surface area contributed by atoms with Gasteiger partial charge in [-0.05, 0) is 86.7 Å². The topological polar surface area (TPSA) is 46.1 Å². The zero-order chi connectivity index (χ0) is 19.6. The van der Waals surface area contributed by atoms with E-state index < -0.39 is 0 Å². The average molecular weight is 399 g/mol. The molecule has 0 aliphatic heterocycles. The SMILES string of the molecule is O[C@@H](C[NH2+][C@H]1CC[C@H]2[C@H]3CC[C@H]4CCCC[C@@H]4[C@@H]3CC[C@@H]21)COc1ccccc1. The van der Waals surface area contributed by atoms with Gasteiger partial charge in [-0.2, -0.15) is 0 Å². The molecule has 0 bridgehead atoms. The Bertz CT molecular complexity index is 649. The van der Waals surface area contributed by atoms with Crippen LogP contribution in [0, 0.1) is 35.5 Å². The predicted octanol–water partition coefficient (Wildman–Crippen LogP) is 4.01. The first kappa shape index (κ1) is 19.9. The van der Waals surface area contributed by atoms with Gasteiger partial charge in [0.05, 0.1) is 6.04 Å². The van der Waals surface area contributed by atoms with Crippen LogP contribution in [0.2, 0.25) is 0 Å². The Morgan fingerprint density at radius 2 is 1.48 bits per heavy atom. The van der Waals surface area contributed by atoms with E-state index in [1.54, 1.807) is 0 Å². The number of nitrogens with two attached hydrogens (primary N) is 1. The molecule has 0 heterocycles. The molecule has 3 N–H and O–H groups in total. The van der Waals surface area contributed by atoms with Crippen LogP contribution in [0.3, 0.4) is 0 Å². The van der Waals surface area contributed by atoms with Crippen molar-refractivity contribution < 1.29 is 15.2 Å². The molecular weight excluding hydrogens is 358 g/mol. The smallest absolute Gasteiger partial charge is 0.137 e. The van der Waals surface area contributed by atoms with Crippen molar-refractivity contribution in [2.24, 2.45) is 35.5 Å². The van der Waals surface area contributed by atoms with Crippen LogP contribution in [0.15, 0.2) is 30.3 Å². The van der Waals surface area contributed by atoms with Gasteiger partial charge in [0.2, 0.25) is 0 Å². The van der Waals surface area contributed by atoms with E-state index in [0.717, 1.165) is 53.8 Å². The largest absolute Gasteiger partial charge is 0.491 e. The summed E-state index contributed by atoms with van der Waals surface area (Å²) in [5.74, 6) is 6.96. The van der Waals surface area contributed by atoms with E-state index in [-0.39, 0.29) is 6.10 Å². The Kier molecular flexibility index (Phi) is 6.15. The summed E-state index contributed by atoms with van der Waals surface area (Å²) in [7, 11) is 0. The van der Waals surface area contributed by atoms with Crippen LogP contribution in [-0.4, -0.2) is 30.4 Å². The molecule has 0 amide bonds. The van der Waals surface area contributed by atoms with Crippen molar-refractivity contribution in [1.29, 1.82) is 0 Å². The molecule has 3 nitrogen and oxygen atoms in total. The van der Waals surface area contributed by atoms with E-state index in [2.05, 4.69) is 5.32 Å². The second-order valence-electron chi connectivity index (χ2n) is 10.5. The summed E-state index contributed by atoms with van der Waals surface area (Å²) in [5, 5.41) is 12.9. The minimum Gasteiger partial charge on any atom is -0.491 e. The number of hydrogen-bond acceptors (Lipinski definition) is 2. The minimum absolute atomic E-state index is 0.386. The molecule has 0 unspecified atom stereocenters. The first-order valence-electron chi connectivity index (χ1n) is 12.5. The van der Waals surface area contributed by atoms with Crippen LogP contribution in [0.4, 0.5) is 0 Å². The van der Waals surface area contributed by atoms with E-state index in [4.69, 9.17) is 4.74 Å². The van der Waals surface area contributed by atoms with Crippen molar-refractivity contribution in [3.63, 3.8) is 0 Å². The number of hydrogen-bond donors (Lipinski definition) is 2. The Balaban J connectivity index is 1.12. The van der Waals surface area contributed by atoms with E-state index in [1.165, 1.54) is 64.2 Å². The zero-order valence-corrected chi connectivity index (χ0v) is 17.9. The van der Waals surface area contributed by atoms with Crippen molar-refractivity contribution in [1.82, 2.24) is 0 Å². The highest BCUT2D eigenvalue weighted by atomic mass is 16.5. The Morgan fingerprint density at radius 3 is 2.38 bits per heavy atom. The first-order valence-corrected chi connectivity index (χ1v) is 12.5. The number of aliphatic hydroxyl groups is 1. The zero-order valence-electron chi connectivity index (χ0n) is 17.9. The molecule has 29 heavy (non-hydrogen) atoms. The third-order valence-corrected chi connectivity index (χ3v) is 9.15. The molecule has 3 heteroatoms. The number of ether oxygens (including phenoxy) is 1. The van der Waals surface area contributed by atoms with E-state index in [1.807, 2.05) is 30.3 Å². The van der Waals surface area contributed by atoms with Gasteiger partial charge in [-0.3, -0.25) is 0 Å². The summed E-state index contributed by atoms with van der Waals surface area (Å²) in [6.07, 6.45) is 14.5. The average Bonchev–Trinajstić information content (AvgIpc) is 3.20. The standard InChI is InChI=1S/C26H39NO2/c28-19(17-29-20-7-2-1-3-8-20)16-27-26-15-14-24-23-11-10-18-6-4-5-9-21(18)22(23)12-13-25(24)26/h1-3,7-8,18-19,21-28H,4-6,9-17H2/p+1/t18-,19+,21+,22+,23+,24+,25+,26+/m1/s1. The number of aliphatic hydroxyl groups excluding tert-OH is 1. The third-order valence-electron chi connectivity index (χ3n) is 9.15. The maximum Gasteiger partial charge on any atom is 0.137 e. The molecule has 0 radical (unpaired) electrons. The molecule has 4 aliphatic carbocycles. The van der Waals surface area contributed by atoms with Gasteiger partial charge in [-0.25, -0.2) is 0 Å². The van der Waals surface area contributed by atoms with Gasteiger partial charge in [-0.1, -0.05) is 37.5 Å². The summed E-state index contributed by atoms with van der Waals surface area (Å²) in [6, 6.07) is 10.6. The number of benzene rings is 1. The minimum atomic E-state index is -0.386. The fourth-order valence-electron chi connectivity index (χ4n) is 7.93. The van der Waals surface area contributed by atoms with Gasteiger partial charge in [0, 0.05) is 5.92 Å². The molecule has 1 aromatic rings. The van der Waals surface area contributed by atoms with Crippen LogP contribution in [0.5, 0.6) is 5.75 Å². The summed E-state index contributed by atoms with van der Waals surface area (Å²) in [6.45, 7) is 1.18. The Morgan fingerprint density at radius 1 is 0.793 bits per heavy atom. The molecule has 0 spiro atoms. The molecule has 5 rings (SSSR count). The second kappa shape index (κ2) is 8.98. The molecule has 160 valence electrons. The molecule has 0 saturated heterocycles. The Hall–Kier alpha value is -1.06. The van der Waals surface area contributed by atoms with E-state index >= 15 is 0 Å². The molecule has 4 saturated carbocycles. The molecule has 8 atom stereocenters. The third kappa shape index (κ3) is 4.23. The van der Waals surface area contributed by atoms with Gasteiger partial charge in [0.15, 0.2) is 0 Å². The lowest BCUT2D eigenvalue weighted by Crippen LogP contribution is -2.93. The number of quaternary nitrogens is 1. The molecule has 1 aromatic carbocycles. The van der Waals surface area contributed by atoms with E-state index in [0.29, 0.717) is 6.61 Å². The summed E-state index contributed by atoms with van der Waals surface area (Å²) < 4.78 is 5.74. The monoisotopic (exact) mass is 398 g/mol. The fourth-order valence-corrected chi connectivity index (χ4v) is 7.93. The van der Waals surface area contributed by atoms with Gasteiger partial charge in [-0.15, -0.1) is 0 Å². The van der Waals surface area contributed by atoms with Crippen LogP contribution >= 0.6 is 0 Å². The normalized spacial score (nSPS) is 39.8. The number of rotatable bonds is 6. The lowest BCUT2D eigenvalue weighted by molar-refractivity contribution is -0.700. The van der Waals surface area contributed by atoms with Gasteiger partial charge >= 0.3 is 0 Å². The lowest BCUT2D eigenvalue weighted by Gasteiger charge is -2.52. The van der Waals surface area contributed by atoms with Gasteiger partial charge in [0.1, 0.15) is 25.0 Å². The molecular formula is C26H40NO2+. The Labute approximate surface area is 176 Å². The molecule has 4 aliphatic rings. The number of fused-ring (bicyclic) bond motifs is 5. The van der Waals surface area contributed by atoms with Crippen LogP contribution in [0.1, 0.15) is 64.2 Å². The highest BCUT2D eigenvalue weighted by molar-refractivity contribution is 5.20. The maximum atomic E-state index is 10.4.